The zero-order valence-electron chi connectivity index (χ0n) is 37.8. The predicted octanol–water partition coefficient (Wildman–Crippen LogP) is 13.2. The van der Waals surface area contributed by atoms with Crippen molar-refractivity contribution in [2.24, 2.45) is 10.8 Å². The maximum atomic E-state index is 13.1. The monoisotopic (exact) mass is 793 g/mol. The van der Waals surface area contributed by atoms with Gasteiger partial charge in [-0.3, -0.25) is 19.2 Å². The van der Waals surface area contributed by atoms with Gasteiger partial charge in [-0.05, 0) is 76.7 Å². The second kappa shape index (κ2) is 24.4. The van der Waals surface area contributed by atoms with Gasteiger partial charge in [-0.1, -0.05) is 187 Å². The van der Waals surface area contributed by atoms with Gasteiger partial charge in [-0.25, -0.2) is 0 Å². The highest BCUT2D eigenvalue weighted by Gasteiger charge is 2.48. The van der Waals surface area contributed by atoms with Crippen molar-refractivity contribution in [1.82, 2.24) is 0 Å². The van der Waals surface area contributed by atoms with E-state index in [0.717, 1.165) is 84.8 Å². The molecule has 0 aromatic rings. The maximum Gasteiger partial charge on any atom is 0.306 e. The van der Waals surface area contributed by atoms with Crippen molar-refractivity contribution in [2.45, 2.75) is 160 Å². The van der Waals surface area contributed by atoms with E-state index in [1.807, 2.05) is 142 Å². The van der Waals surface area contributed by atoms with Crippen LogP contribution in [0, 0.1) is 10.8 Å². The lowest BCUT2D eigenvalue weighted by Crippen LogP contribution is -2.36. The molecule has 0 bridgehead atoms. The summed E-state index contributed by atoms with van der Waals surface area (Å²) in [7, 11) is 0. The number of hydrogen-bond acceptors (Lipinski definition) is 6. The molecule has 0 aromatic heterocycles. The molecular formula is C52H72O6. The topological polar surface area (TPSA) is 86.7 Å². The summed E-state index contributed by atoms with van der Waals surface area (Å²) in [5, 5.41) is 0. The Morgan fingerprint density at radius 1 is 0.517 bits per heavy atom. The molecule has 0 amide bonds. The fourth-order valence-electron chi connectivity index (χ4n) is 7.19. The van der Waals surface area contributed by atoms with Crippen LogP contribution in [0.5, 0.6) is 0 Å². The number of esters is 2. The van der Waals surface area contributed by atoms with Gasteiger partial charge < -0.3 is 9.47 Å². The largest absolute Gasteiger partial charge is 0.453 e. The average Bonchev–Trinajstić information content (AvgIpc) is 3.42. The molecule has 58 heavy (non-hydrogen) atoms. The highest BCUT2D eigenvalue weighted by Crippen LogP contribution is 2.44. The molecule has 0 spiro atoms. The number of rotatable bonds is 22. The van der Waals surface area contributed by atoms with E-state index in [1.54, 1.807) is 0 Å². The summed E-state index contributed by atoms with van der Waals surface area (Å²) >= 11 is 0. The molecule has 0 saturated heterocycles. The van der Waals surface area contributed by atoms with Gasteiger partial charge in [0.25, 0.3) is 0 Å². The normalized spacial score (nSPS) is 20.8. The van der Waals surface area contributed by atoms with E-state index in [4.69, 9.17) is 9.47 Å². The van der Waals surface area contributed by atoms with E-state index >= 15 is 0 Å². The van der Waals surface area contributed by atoms with E-state index in [-0.39, 0.29) is 23.5 Å². The van der Waals surface area contributed by atoms with Crippen LogP contribution in [0.25, 0.3) is 0 Å². The molecule has 0 heterocycles. The van der Waals surface area contributed by atoms with Gasteiger partial charge in [0.05, 0.1) is 0 Å². The summed E-state index contributed by atoms with van der Waals surface area (Å²) < 4.78 is 11.4. The lowest BCUT2D eigenvalue weighted by Gasteiger charge is -2.28. The van der Waals surface area contributed by atoms with Crippen molar-refractivity contribution in [2.75, 3.05) is 0 Å². The first-order valence-electron chi connectivity index (χ1n) is 21.4. The minimum atomic E-state index is -0.786. The lowest BCUT2D eigenvalue weighted by molar-refractivity contribution is -0.158. The predicted molar refractivity (Wildman–Crippen MR) is 241 cm³/mol. The first kappa shape index (κ1) is 49.6. The highest BCUT2D eigenvalue weighted by atomic mass is 16.6. The van der Waals surface area contributed by atoms with Gasteiger partial charge in [0.2, 0.25) is 0 Å². The zero-order valence-corrected chi connectivity index (χ0v) is 37.8. The molecule has 2 rings (SSSR count). The highest BCUT2D eigenvalue weighted by molar-refractivity contribution is 6.05. The van der Waals surface area contributed by atoms with Crippen LogP contribution in [0.2, 0.25) is 0 Å². The molecular weight excluding hydrogens is 721 g/mol. The van der Waals surface area contributed by atoms with Crippen LogP contribution in [0.4, 0.5) is 0 Å². The molecule has 0 N–H and O–H groups in total. The van der Waals surface area contributed by atoms with Crippen molar-refractivity contribution in [3.63, 3.8) is 0 Å². The van der Waals surface area contributed by atoms with Crippen molar-refractivity contribution in [3.05, 3.63) is 130 Å². The van der Waals surface area contributed by atoms with Crippen LogP contribution in [0.15, 0.2) is 130 Å². The molecule has 316 valence electrons. The zero-order chi connectivity index (χ0) is 43.5. The Morgan fingerprint density at radius 3 is 1.19 bits per heavy atom. The molecule has 6 heteroatoms. The molecule has 2 aliphatic rings. The Hall–Kier alpha value is -4.58. The third kappa shape index (κ3) is 15.3. The van der Waals surface area contributed by atoms with Gasteiger partial charge in [0.15, 0.2) is 23.8 Å². The van der Waals surface area contributed by atoms with E-state index < -0.39 is 23.0 Å². The smallest absolute Gasteiger partial charge is 0.306 e. The van der Waals surface area contributed by atoms with Crippen molar-refractivity contribution >= 4 is 23.5 Å². The minimum absolute atomic E-state index is 0.111. The SMILES string of the molecule is CCCCCCC(=O)OC1C(=O)C(C)=C(C=CC(C)=CC=CC(C)=CC=CC=C(C)C=CC=C(C)C=CC2=C(C)C(=O)C(OC(=O)CCCCCC)C2(C)C)C1(C)C. The van der Waals surface area contributed by atoms with Gasteiger partial charge in [-0.2, -0.15) is 0 Å². The third-order valence-electron chi connectivity index (χ3n) is 11.0. The quantitative estimate of drug-likeness (QED) is 0.0616. The molecule has 2 atom stereocenters. The van der Waals surface area contributed by atoms with Crippen LogP contribution in [0.3, 0.4) is 0 Å². The number of carbonyl (C=O) groups excluding carboxylic acids is 4. The van der Waals surface area contributed by atoms with E-state index in [1.165, 1.54) is 0 Å². The number of hydrogen-bond donors (Lipinski definition) is 0. The third-order valence-corrected chi connectivity index (χ3v) is 11.0. The lowest BCUT2D eigenvalue weighted by atomic mass is 9.82. The fourth-order valence-corrected chi connectivity index (χ4v) is 7.19. The van der Waals surface area contributed by atoms with Crippen LogP contribution in [0.1, 0.15) is 147 Å². The molecule has 0 radical (unpaired) electrons. The molecule has 0 aromatic carbocycles. The summed E-state index contributed by atoms with van der Waals surface area (Å²) in [6.07, 6.45) is 35.3. The fraction of sp³-hybridized carbons (Fsp3) is 0.500. The van der Waals surface area contributed by atoms with Crippen LogP contribution >= 0.6 is 0 Å². The van der Waals surface area contributed by atoms with Crippen LogP contribution < -0.4 is 0 Å². The second-order valence-corrected chi connectivity index (χ2v) is 17.0. The number of Topliss-reactive ketones (excluding diaryl/α,β-unsaturated/α-hetero) is 2. The second-order valence-electron chi connectivity index (χ2n) is 17.0. The Labute approximate surface area is 351 Å². The van der Waals surface area contributed by atoms with Gasteiger partial charge in [0.1, 0.15) is 0 Å². The number of ether oxygens (including phenoxy) is 2. The van der Waals surface area contributed by atoms with E-state index in [9.17, 15) is 19.2 Å². The number of unbranched alkanes of at least 4 members (excludes halogenated alkanes) is 6. The summed E-state index contributed by atoms with van der Waals surface area (Å²) in [5.74, 6) is -0.815. The Bertz CT molecular complexity index is 1690. The number of allylic oxidation sites excluding steroid dienone is 18. The Morgan fingerprint density at radius 2 is 0.845 bits per heavy atom. The van der Waals surface area contributed by atoms with Gasteiger partial charge >= 0.3 is 11.9 Å². The Balaban J connectivity index is 1.93. The molecule has 6 nitrogen and oxygen atoms in total. The average molecular weight is 793 g/mol. The molecule has 2 unspecified atom stereocenters. The minimum Gasteiger partial charge on any atom is -0.453 e. The number of carbonyl (C=O) groups is 4. The van der Waals surface area contributed by atoms with Crippen molar-refractivity contribution in [3.8, 4) is 0 Å². The van der Waals surface area contributed by atoms with Gasteiger partial charge in [0, 0.05) is 23.7 Å². The summed E-state index contributed by atoms with van der Waals surface area (Å²) in [4.78, 5) is 51.1. The van der Waals surface area contributed by atoms with E-state index in [0.29, 0.717) is 24.0 Å². The molecule has 2 aliphatic carbocycles. The standard InChI is InChI=1S/C52H72O6/c1-13-15-17-19-31-45(53)57-49-47(55)41(7)43(51(49,9)10)35-33-39(5)29-23-27-37(3)25-21-22-26-38(4)28-24-30-40(6)34-36-44-42(8)48(56)50(52(44,11)12)58-46(54)32-20-18-16-14-2/h21-30,33-36,49-50H,13-20,31-32H2,1-12H3. The Kier molecular flexibility index (Phi) is 20.8. The van der Waals surface area contributed by atoms with E-state index in [2.05, 4.69) is 26.0 Å². The molecule has 0 aliphatic heterocycles. The first-order chi connectivity index (χ1) is 27.4. The molecule has 0 saturated carbocycles. The molecule has 0 fully saturated rings. The number of ketones is 2. The van der Waals surface area contributed by atoms with Gasteiger partial charge in [-0.15, -0.1) is 0 Å². The summed E-state index contributed by atoms with van der Waals surface area (Å²) in [6.45, 7) is 23.9. The first-order valence-corrected chi connectivity index (χ1v) is 21.4. The summed E-state index contributed by atoms with van der Waals surface area (Å²) in [6, 6.07) is 0. The summed E-state index contributed by atoms with van der Waals surface area (Å²) in [5.41, 5.74) is 6.18. The van der Waals surface area contributed by atoms with Crippen molar-refractivity contribution in [1.29, 1.82) is 0 Å². The van der Waals surface area contributed by atoms with Crippen LogP contribution in [-0.2, 0) is 28.7 Å². The van der Waals surface area contributed by atoms with Crippen LogP contribution in [-0.4, -0.2) is 35.7 Å². The maximum absolute atomic E-state index is 13.1. The van der Waals surface area contributed by atoms with Crippen molar-refractivity contribution < 1.29 is 28.7 Å².